The number of halogens is 2. The third-order valence-electron chi connectivity index (χ3n) is 3.78. The first-order valence-electron chi connectivity index (χ1n) is 6.73. The Labute approximate surface area is 136 Å². The number of nitrogens with one attached hydrogen (secondary N) is 1. The molecule has 1 aliphatic rings. The Morgan fingerprint density at radius 1 is 1.33 bits per heavy atom. The zero-order chi connectivity index (χ0) is 15.5. The molecule has 0 bridgehead atoms. The normalized spacial score (nSPS) is 18.3. The molecule has 0 saturated heterocycles. The van der Waals surface area contributed by atoms with Gasteiger partial charge in [0, 0.05) is 15.1 Å². The van der Waals surface area contributed by atoms with Gasteiger partial charge >= 0.3 is 0 Å². The van der Waals surface area contributed by atoms with Gasteiger partial charge in [-0.2, -0.15) is 0 Å². The Bertz CT molecular complexity index is 551. The fraction of sp³-hybridized carbons (Fsp3) is 0.429. The van der Waals surface area contributed by atoms with Gasteiger partial charge in [0.25, 0.3) is 5.91 Å². The molecule has 7 heteroatoms. The number of amidine groups is 1. The van der Waals surface area contributed by atoms with Crippen LogP contribution in [0, 0.1) is 0 Å². The van der Waals surface area contributed by atoms with Crippen molar-refractivity contribution in [1.29, 1.82) is 0 Å². The Morgan fingerprint density at radius 3 is 2.57 bits per heavy atom. The van der Waals surface area contributed by atoms with Crippen LogP contribution in [0.2, 0.25) is 5.02 Å². The van der Waals surface area contributed by atoms with Crippen molar-refractivity contribution in [3.05, 3.63) is 33.3 Å². The number of oxime groups is 1. The average molecular weight is 375 g/mol. The molecule has 5 nitrogen and oxygen atoms in total. The predicted octanol–water partition coefficient (Wildman–Crippen LogP) is 3.28. The largest absolute Gasteiger partial charge is 0.409 e. The molecule has 0 spiro atoms. The second-order valence-electron chi connectivity index (χ2n) is 5.24. The van der Waals surface area contributed by atoms with Gasteiger partial charge in [-0.05, 0) is 31.0 Å². The molecule has 1 aromatic rings. The van der Waals surface area contributed by atoms with E-state index in [2.05, 4.69) is 26.4 Å². The van der Waals surface area contributed by atoms with Crippen molar-refractivity contribution >= 4 is 39.3 Å². The molecule has 0 unspecified atom stereocenters. The highest BCUT2D eigenvalue weighted by atomic mass is 79.9. The van der Waals surface area contributed by atoms with E-state index in [4.69, 9.17) is 22.5 Å². The van der Waals surface area contributed by atoms with E-state index >= 15 is 0 Å². The molecule has 1 fully saturated rings. The summed E-state index contributed by atoms with van der Waals surface area (Å²) in [4.78, 5) is 12.5. The highest BCUT2D eigenvalue weighted by Gasteiger charge is 2.38. The molecule has 114 valence electrons. The molecule has 0 aliphatic heterocycles. The van der Waals surface area contributed by atoms with E-state index in [0.29, 0.717) is 23.4 Å². The number of carbonyl (C=O) groups excluding carboxylic acids is 1. The second kappa shape index (κ2) is 6.66. The van der Waals surface area contributed by atoms with Crippen LogP contribution in [0.25, 0.3) is 0 Å². The van der Waals surface area contributed by atoms with Crippen LogP contribution >= 0.6 is 27.5 Å². The first-order valence-corrected chi connectivity index (χ1v) is 7.90. The highest BCUT2D eigenvalue weighted by Crippen LogP contribution is 2.29. The molecule has 0 atom stereocenters. The molecular formula is C14H17BrClN3O2. The van der Waals surface area contributed by atoms with Crippen LogP contribution in [-0.4, -0.2) is 22.5 Å². The maximum absolute atomic E-state index is 12.5. The number of nitrogens with two attached hydrogens (primary N) is 1. The number of nitrogens with zero attached hydrogens (tertiary/aromatic N) is 1. The molecule has 1 saturated carbocycles. The third-order valence-corrected chi connectivity index (χ3v) is 4.46. The lowest BCUT2D eigenvalue weighted by molar-refractivity contribution is 0.0905. The molecule has 2 rings (SSSR count). The smallest absolute Gasteiger partial charge is 0.252 e. The van der Waals surface area contributed by atoms with Gasteiger partial charge in [-0.15, -0.1) is 0 Å². The van der Waals surface area contributed by atoms with Gasteiger partial charge in [-0.1, -0.05) is 51.9 Å². The van der Waals surface area contributed by atoms with Crippen LogP contribution in [0.4, 0.5) is 0 Å². The van der Waals surface area contributed by atoms with E-state index in [1.165, 1.54) is 0 Å². The molecule has 4 N–H and O–H groups in total. The molecule has 21 heavy (non-hydrogen) atoms. The maximum Gasteiger partial charge on any atom is 0.252 e. The Morgan fingerprint density at radius 2 is 2.00 bits per heavy atom. The van der Waals surface area contributed by atoms with Crippen molar-refractivity contribution in [2.75, 3.05) is 0 Å². The SMILES string of the molecule is N/C(=N/O)C1(NC(=O)c2cc(Cl)cc(Br)c2)CCCCC1. The van der Waals surface area contributed by atoms with Crippen LogP contribution < -0.4 is 11.1 Å². The topological polar surface area (TPSA) is 87.7 Å². The molecule has 0 heterocycles. The third kappa shape index (κ3) is 3.68. The monoisotopic (exact) mass is 373 g/mol. The van der Waals surface area contributed by atoms with Crippen molar-refractivity contribution < 1.29 is 10.0 Å². The van der Waals surface area contributed by atoms with Crippen molar-refractivity contribution in [2.45, 2.75) is 37.6 Å². The lowest BCUT2D eigenvalue weighted by atomic mass is 9.80. The summed E-state index contributed by atoms with van der Waals surface area (Å²) in [5.41, 5.74) is 5.48. The van der Waals surface area contributed by atoms with Gasteiger partial charge in [0.05, 0.1) is 0 Å². The second-order valence-corrected chi connectivity index (χ2v) is 6.59. The van der Waals surface area contributed by atoms with Crippen molar-refractivity contribution in [3.63, 3.8) is 0 Å². The molecule has 1 amide bonds. The van der Waals surface area contributed by atoms with Crippen LogP contribution in [-0.2, 0) is 0 Å². The Balaban J connectivity index is 2.26. The number of amides is 1. The van der Waals surface area contributed by atoms with Crippen LogP contribution in [0.3, 0.4) is 0 Å². The first-order chi connectivity index (χ1) is 9.97. The minimum absolute atomic E-state index is 0.0524. The fourth-order valence-electron chi connectivity index (χ4n) is 2.67. The summed E-state index contributed by atoms with van der Waals surface area (Å²) in [7, 11) is 0. The van der Waals surface area contributed by atoms with Gasteiger partial charge in [0.2, 0.25) is 0 Å². The summed E-state index contributed by atoms with van der Waals surface area (Å²) >= 11 is 9.27. The van der Waals surface area contributed by atoms with E-state index in [-0.39, 0.29) is 11.7 Å². The zero-order valence-electron chi connectivity index (χ0n) is 11.4. The number of benzene rings is 1. The first kappa shape index (κ1) is 16.1. The van der Waals surface area contributed by atoms with Gasteiger partial charge in [-0.3, -0.25) is 4.79 Å². The van der Waals surface area contributed by atoms with Crippen LogP contribution in [0.15, 0.2) is 27.8 Å². The van der Waals surface area contributed by atoms with Crippen molar-refractivity contribution in [3.8, 4) is 0 Å². The van der Waals surface area contributed by atoms with Gasteiger partial charge in [0.1, 0.15) is 5.54 Å². The van der Waals surface area contributed by atoms with Crippen LogP contribution in [0.5, 0.6) is 0 Å². The summed E-state index contributed by atoms with van der Waals surface area (Å²) in [5.74, 6) is -0.233. The number of rotatable bonds is 3. The average Bonchev–Trinajstić information content (AvgIpc) is 2.46. The van der Waals surface area contributed by atoms with E-state index in [9.17, 15) is 4.79 Å². The lowest BCUT2D eigenvalue weighted by Crippen LogP contribution is -2.58. The maximum atomic E-state index is 12.5. The summed E-state index contributed by atoms with van der Waals surface area (Å²) in [6, 6.07) is 4.98. The Hall–Kier alpha value is -1.27. The van der Waals surface area contributed by atoms with E-state index in [1.807, 2.05) is 0 Å². The van der Waals surface area contributed by atoms with Crippen LogP contribution in [0.1, 0.15) is 42.5 Å². The minimum Gasteiger partial charge on any atom is -0.409 e. The number of hydrogen-bond donors (Lipinski definition) is 3. The molecular weight excluding hydrogens is 358 g/mol. The molecule has 0 radical (unpaired) electrons. The number of hydrogen-bond acceptors (Lipinski definition) is 3. The molecule has 1 aromatic carbocycles. The standard InChI is InChI=1S/C14H17BrClN3O2/c15-10-6-9(7-11(16)8-10)12(20)18-14(13(17)19-21)4-2-1-3-5-14/h6-8,21H,1-5H2,(H2,17,19)(H,18,20). The van der Waals surface area contributed by atoms with Crippen molar-refractivity contribution in [1.82, 2.24) is 5.32 Å². The summed E-state index contributed by atoms with van der Waals surface area (Å²) in [5, 5.41) is 15.5. The van der Waals surface area contributed by atoms with E-state index in [0.717, 1.165) is 23.7 Å². The van der Waals surface area contributed by atoms with Gasteiger partial charge in [-0.25, -0.2) is 0 Å². The summed E-state index contributed by atoms with van der Waals surface area (Å²) in [6.07, 6.45) is 4.26. The highest BCUT2D eigenvalue weighted by molar-refractivity contribution is 9.10. The number of carbonyl (C=O) groups is 1. The molecule has 0 aromatic heterocycles. The zero-order valence-corrected chi connectivity index (χ0v) is 13.7. The van der Waals surface area contributed by atoms with Crippen molar-refractivity contribution in [2.24, 2.45) is 10.9 Å². The summed E-state index contributed by atoms with van der Waals surface area (Å²) in [6.45, 7) is 0. The van der Waals surface area contributed by atoms with Gasteiger partial charge in [0.15, 0.2) is 5.84 Å². The van der Waals surface area contributed by atoms with E-state index in [1.54, 1.807) is 18.2 Å². The van der Waals surface area contributed by atoms with Gasteiger partial charge < -0.3 is 16.3 Å². The fourth-order valence-corrected chi connectivity index (χ4v) is 3.53. The predicted molar refractivity (Wildman–Crippen MR) is 85.8 cm³/mol. The summed E-state index contributed by atoms with van der Waals surface area (Å²) < 4.78 is 0.724. The van der Waals surface area contributed by atoms with E-state index < -0.39 is 5.54 Å². The minimum atomic E-state index is -0.779. The quantitative estimate of drug-likeness (QED) is 0.328. The lowest BCUT2D eigenvalue weighted by Gasteiger charge is -2.36. The molecule has 1 aliphatic carbocycles. The Kier molecular flexibility index (Phi) is 5.11.